The maximum Gasteiger partial charge on any atom is 0.244 e. The maximum atomic E-state index is 12.1. The van der Waals surface area contributed by atoms with E-state index in [2.05, 4.69) is 78.0 Å². The van der Waals surface area contributed by atoms with Gasteiger partial charge in [0.25, 0.3) is 0 Å². The Kier molecular flexibility index (Phi) is 6.40. The van der Waals surface area contributed by atoms with Crippen molar-refractivity contribution in [3.8, 4) is 0 Å². The summed E-state index contributed by atoms with van der Waals surface area (Å²) < 4.78 is 0. The van der Waals surface area contributed by atoms with Crippen molar-refractivity contribution in [3.05, 3.63) is 41.5 Å². The average molecular weight is 301 g/mol. The number of amides is 1. The predicted molar refractivity (Wildman–Crippen MR) is 95.8 cm³/mol. The molecule has 0 saturated heterocycles. The van der Waals surface area contributed by atoms with Crippen molar-refractivity contribution in [2.75, 3.05) is 0 Å². The molecule has 0 aliphatic carbocycles. The van der Waals surface area contributed by atoms with Gasteiger partial charge in [0.2, 0.25) is 5.91 Å². The highest BCUT2D eigenvalue weighted by molar-refractivity contribution is 5.91. The van der Waals surface area contributed by atoms with Gasteiger partial charge in [0, 0.05) is 12.1 Å². The minimum Gasteiger partial charge on any atom is -0.349 e. The van der Waals surface area contributed by atoms with Crippen LogP contribution in [0.5, 0.6) is 0 Å². The highest BCUT2D eigenvalue weighted by atomic mass is 16.1. The summed E-state index contributed by atoms with van der Waals surface area (Å²) in [5, 5.41) is 3.10. The summed E-state index contributed by atoms with van der Waals surface area (Å²) in [6.45, 7) is 15.1. The van der Waals surface area contributed by atoms with E-state index in [9.17, 15) is 4.79 Å². The number of hydrogen-bond donors (Lipinski definition) is 1. The third kappa shape index (κ3) is 5.67. The van der Waals surface area contributed by atoms with E-state index in [1.165, 1.54) is 5.56 Å². The Labute approximate surface area is 136 Å². The molecule has 0 aliphatic rings. The topological polar surface area (TPSA) is 29.1 Å². The zero-order valence-electron chi connectivity index (χ0n) is 15.1. The summed E-state index contributed by atoms with van der Waals surface area (Å²) >= 11 is 0. The molecule has 1 amide bonds. The van der Waals surface area contributed by atoms with Crippen LogP contribution in [0.3, 0.4) is 0 Å². The van der Waals surface area contributed by atoms with Crippen LogP contribution in [0.25, 0.3) is 6.08 Å². The van der Waals surface area contributed by atoms with Crippen LogP contribution in [0.4, 0.5) is 0 Å². The SMILES string of the molecule is CC(C)C(NC(=O)C=Cc1ccc(C(C)(C)C)cc1)C(C)C. The van der Waals surface area contributed by atoms with Gasteiger partial charge in [-0.2, -0.15) is 0 Å². The molecule has 0 unspecified atom stereocenters. The molecule has 1 rings (SSSR count). The van der Waals surface area contributed by atoms with Gasteiger partial charge >= 0.3 is 0 Å². The first-order chi connectivity index (χ1) is 10.1. The van der Waals surface area contributed by atoms with E-state index in [0.29, 0.717) is 11.8 Å². The summed E-state index contributed by atoms with van der Waals surface area (Å²) in [7, 11) is 0. The van der Waals surface area contributed by atoms with Crippen molar-refractivity contribution in [2.45, 2.75) is 59.9 Å². The second-order valence-corrected chi connectivity index (χ2v) is 7.73. The molecule has 122 valence electrons. The van der Waals surface area contributed by atoms with E-state index >= 15 is 0 Å². The van der Waals surface area contributed by atoms with E-state index in [1.807, 2.05) is 6.08 Å². The van der Waals surface area contributed by atoms with Crippen molar-refractivity contribution in [1.82, 2.24) is 5.32 Å². The van der Waals surface area contributed by atoms with Crippen molar-refractivity contribution < 1.29 is 4.79 Å². The molecule has 2 nitrogen and oxygen atoms in total. The van der Waals surface area contributed by atoms with Crippen LogP contribution in [-0.2, 0) is 10.2 Å². The first kappa shape index (κ1) is 18.5. The molecular formula is C20H31NO. The highest BCUT2D eigenvalue weighted by Gasteiger charge is 2.18. The molecule has 0 bridgehead atoms. The summed E-state index contributed by atoms with van der Waals surface area (Å²) in [4.78, 5) is 12.1. The van der Waals surface area contributed by atoms with E-state index in [-0.39, 0.29) is 17.4 Å². The Balaban J connectivity index is 2.70. The normalized spacial score (nSPS) is 12.6. The van der Waals surface area contributed by atoms with Gasteiger partial charge in [0.1, 0.15) is 0 Å². The molecule has 2 heteroatoms. The second kappa shape index (κ2) is 7.62. The fourth-order valence-corrected chi connectivity index (χ4v) is 2.58. The second-order valence-electron chi connectivity index (χ2n) is 7.73. The van der Waals surface area contributed by atoms with Crippen LogP contribution in [0.1, 0.15) is 59.6 Å². The Bertz CT molecular complexity index is 496. The molecule has 0 heterocycles. The molecule has 1 aromatic rings. The van der Waals surface area contributed by atoms with Gasteiger partial charge in [0.05, 0.1) is 0 Å². The van der Waals surface area contributed by atoms with Crippen LogP contribution < -0.4 is 5.32 Å². The third-order valence-electron chi connectivity index (χ3n) is 3.95. The van der Waals surface area contributed by atoms with Crippen molar-refractivity contribution in [3.63, 3.8) is 0 Å². The van der Waals surface area contributed by atoms with Gasteiger partial charge in [-0.3, -0.25) is 4.79 Å². The number of nitrogens with one attached hydrogen (secondary N) is 1. The molecule has 22 heavy (non-hydrogen) atoms. The number of rotatable bonds is 5. The fourth-order valence-electron chi connectivity index (χ4n) is 2.58. The Morgan fingerprint density at radius 1 is 1.00 bits per heavy atom. The summed E-state index contributed by atoms with van der Waals surface area (Å²) in [5.74, 6) is 0.846. The van der Waals surface area contributed by atoms with Gasteiger partial charge in [0.15, 0.2) is 0 Å². The lowest BCUT2D eigenvalue weighted by molar-refractivity contribution is -0.117. The standard InChI is InChI=1S/C20H31NO/c1-14(2)19(15(3)4)21-18(22)13-10-16-8-11-17(12-9-16)20(5,6)7/h8-15,19H,1-7H3,(H,21,22). The molecule has 0 spiro atoms. The third-order valence-corrected chi connectivity index (χ3v) is 3.95. The minimum atomic E-state index is -0.0210. The quantitative estimate of drug-likeness (QED) is 0.778. The van der Waals surface area contributed by atoms with Crippen LogP contribution in [0.2, 0.25) is 0 Å². The predicted octanol–water partition coefficient (Wildman–Crippen LogP) is 4.79. The van der Waals surface area contributed by atoms with Crippen LogP contribution in [0.15, 0.2) is 30.3 Å². The van der Waals surface area contributed by atoms with Gasteiger partial charge < -0.3 is 5.32 Å². The smallest absolute Gasteiger partial charge is 0.244 e. The zero-order valence-corrected chi connectivity index (χ0v) is 15.1. The molecule has 0 radical (unpaired) electrons. The molecule has 1 N–H and O–H groups in total. The maximum absolute atomic E-state index is 12.1. The van der Waals surface area contributed by atoms with Gasteiger partial charge in [-0.15, -0.1) is 0 Å². The fraction of sp³-hybridized carbons (Fsp3) is 0.550. The average Bonchev–Trinajstić information content (AvgIpc) is 2.41. The van der Waals surface area contributed by atoms with E-state index in [4.69, 9.17) is 0 Å². The molecule has 0 aliphatic heterocycles. The Hall–Kier alpha value is -1.57. The first-order valence-corrected chi connectivity index (χ1v) is 8.20. The van der Waals surface area contributed by atoms with Crippen molar-refractivity contribution in [1.29, 1.82) is 0 Å². The van der Waals surface area contributed by atoms with Gasteiger partial charge in [-0.1, -0.05) is 72.7 Å². The number of carbonyl (C=O) groups is 1. The van der Waals surface area contributed by atoms with Crippen LogP contribution >= 0.6 is 0 Å². The summed E-state index contributed by atoms with van der Waals surface area (Å²) in [5.41, 5.74) is 2.50. The molecule has 0 fully saturated rings. The molecule has 0 atom stereocenters. The molecule has 0 saturated carbocycles. The Morgan fingerprint density at radius 3 is 1.91 bits per heavy atom. The Morgan fingerprint density at radius 2 is 1.50 bits per heavy atom. The number of hydrogen-bond acceptors (Lipinski definition) is 1. The van der Waals surface area contributed by atoms with Gasteiger partial charge in [-0.05, 0) is 34.5 Å². The lowest BCUT2D eigenvalue weighted by atomic mass is 9.87. The monoisotopic (exact) mass is 301 g/mol. The molecule has 0 aromatic heterocycles. The molecule has 1 aromatic carbocycles. The minimum absolute atomic E-state index is 0.0210. The van der Waals surface area contributed by atoms with E-state index in [1.54, 1.807) is 6.08 Å². The highest BCUT2D eigenvalue weighted by Crippen LogP contribution is 2.22. The molecular weight excluding hydrogens is 270 g/mol. The van der Waals surface area contributed by atoms with Crippen LogP contribution in [0, 0.1) is 11.8 Å². The lowest BCUT2D eigenvalue weighted by Gasteiger charge is -2.25. The summed E-state index contributed by atoms with van der Waals surface area (Å²) in [6, 6.07) is 8.59. The van der Waals surface area contributed by atoms with Crippen LogP contribution in [-0.4, -0.2) is 11.9 Å². The first-order valence-electron chi connectivity index (χ1n) is 8.20. The van der Waals surface area contributed by atoms with Crippen molar-refractivity contribution >= 4 is 12.0 Å². The van der Waals surface area contributed by atoms with Gasteiger partial charge in [-0.25, -0.2) is 0 Å². The van der Waals surface area contributed by atoms with E-state index in [0.717, 1.165) is 5.56 Å². The van der Waals surface area contributed by atoms with E-state index < -0.39 is 0 Å². The lowest BCUT2D eigenvalue weighted by Crippen LogP contribution is -2.41. The number of carbonyl (C=O) groups excluding carboxylic acids is 1. The summed E-state index contributed by atoms with van der Waals surface area (Å²) in [6.07, 6.45) is 3.50. The largest absolute Gasteiger partial charge is 0.349 e. The zero-order chi connectivity index (χ0) is 16.9. The number of benzene rings is 1. The van der Waals surface area contributed by atoms with Crippen molar-refractivity contribution in [2.24, 2.45) is 11.8 Å².